The molecule has 0 atom stereocenters. The van der Waals surface area contributed by atoms with E-state index in [-0.39, 0.29) is 19.1 Å². The van der Waals surface area contributed by atoms with Gasteiger partial charge in [0.25, 0.3) is 0 Å². The van der Waals surface area contributed by atoms with Gasteiger partial charge in [-0.3, -0.25) is 4.98 Å². The molecule has 0 saturated carbocycles. The van der Waals surface area contributed by atoms with Crippen molar-refractivity contribution in [1.29, 1.82) is 0 Å². The fourth-order valence-electron chi connectivity index (χ4n) is 2.88. The predicted molar refractivity (Wildman–Crippen MR) is 108 cm³/mol. The lowest BCUT2D eigenvalue weighted by atomic mass is 10.1. The van der Waals surface area contributed by atoms with Crippen LogP contribution in [-0.4, -0.2) is 30.9 Å². The van der Waals surface area contributed by atoms with Crippen LogP contribution in [0.5, 0.6) is 11.7 Å². The lowest BCUT2D eigenvalue weighted by Gasteiger charge is -2.09. The maximum atomic E-state index is 11.6. The third-order valence-corrected chi connectivity index (χ3v) is 4.19. The molecule has 8 nitrogen and oxygen atoms in total. The number of nitrogens with zero attached hydrogens (tertiary/aromatic N) is 1. The number of hydrogen-bond donors (Lipinski definition) is 2. The number of carbonyl (C=O) groups is 1. The first-order chi connectivity index (χ1) is 14.2. The van der Waals surface area contributed by atoms with Crippen LogP contribution in [0.15, 0.2) is 47.1 Å². The van der Waals surface area contributed by atoms with E-state index in [2.05, 4.69) is 10.3 Å². The molecule has 29 heavy (non-hydrogen) atoms. The number of hydrogen-bond acceptors (Lipinski definition) is 8. The van der Waals surface area contributed by atoms with E-state index in [0.717, 1.165) is 25.1 Å². The summed E-state index contributed by atoms with van der Waals surface area (Å²) in [4.78, 5) is 15.7. The molecule has 154 valence electrons. The number of aromatic nitrogens is 1. The number of nitrogens with two attached hydrogens (primary N) is 1. The zero-order valence-corrected chi connectivity index (χ0v) is 16.3. The van der Waals surface area contributed by atoms with Gasteiger partial charge in [0.15, 0.2) is 0 Å². The first-order valence-electron chi connectivity index (χ1n) is 9.54. The van der Waals surface area contributed by atoms with Gasteiger partial charge in [0, 0.05) is 25.5 Å². The van der Waals surface area contributed by atoms with Crippen molar-refractivity contribution >= 4 is 17.1 Å². The Bertz CT molecular complexity index is 927. The van der Waals surface area contributed by atoms with Gasteiger partial charge in [-0.1, -0.05) is 12.1 Å². The van der Waals surface area contributed by atoms with Crippen LogP contribution in [0.3, 0.4) is 0 Å². The number of fused-ring (bicyclic) bond motifs is 1. The van der Waals surface area contributed by atoms with Crippen LogP contribution in [0.1, 0.15) is 24.5 Å². The van der Waals surface area contributed by atoms with Gasteiger partial charge in [-0.05, 0) is 43.7 Å². The lowest BCUT2D eigenvalue weighted by molar-refractivity contribution is 0.0952. The molecular formula is C21H25N3O5. The minimum absolute atomic E-state index is 0.0372. The van der Waals surface area contributed by atoms with Crippen molar-refractivity contribution in [3.8, 4) is 11.7 Å². The number of carbonyl (C=O) groups excluding carboxylic acids is 1. The first kappa shape index (κ1) is 20.6. The van der Waals surface area contributed by atoms with Gasteiger partial charge in [0.05, 0.1) is 24.2 Å². The number of nitrogens with one attached hydrogen (secondary N) is 1. The summed E-state index contributed by atoms with van der Waals surface area (Å²) in [5.74, 6) is 0.674. The summed E-state index contributed by atoms with van der Waals surface area (Å²) in [6, 6.07) is 9.38. The number of ether oxygens (including phenoxy) is 3. The van der Waals surface area contributed by atoms with Gasteiger partial charge >= 0.3 is 12.1 Å². The smallest absolute Gasteiger partial charge is 0.493 e. The number of rotatable bonds is 10. The third-order valence-electron chi connectivity index (χ3n) is 4.19. The molecule has 3 aromatic rings. The summed E-state index contributed by atoms with van der Waals surface area (Å²) in [5, 5.41) is 4.06. The van der Waals surface area contributed by atoms with E-state index >= 15 is 0 Å². The summed E-state index contributed by atoms with van der Waals surface area (Å²) >= 11 is 0. The summed E-state index contributed by atoms with van der Waals surface area (Å²) in [5.41, 5.74) is 8.11. The quantitative estimate of drug-likeness (QED) is 0.394. The zero-order valence-electron chi connectivity index (χ0n) is 16.3. The van der Waals surface area contributed by atoms with Crippen molar-refractivity contribution in [1.82, 2.24) is 10.3 Å². The molecule has 0 unspecified atom stereocenters. The van der Waals surface area contributed by atoms with Gasteiger partial charge in [-0.2, -0.15) is 0 Å². The molecular weight excluding hydrogens is 374 g/mol. The van der Waals surface area contributed by atoms with E-state index in [4.69, 9.17) is 24.4 Å². The second-order valence-electron chi connectivity index (χ2n) is 6.23. The molecule has 3 rings (SSSR count). The molecule has 0 amide bonds. The SMILES string of the molecule is CCOC(=O)Oc1oc2cccc(OCCCNCc3cccnc3)c2c1CN. The van der Waals surface area contributed by atoms with E-state index in [1.807, 2.05) is 30.5 Å². The van der Waals surface area contributed by atoms with E-state index in [9.17, 15) is 4.79 Å². The van der Waals surface area contributed by atoms with Crippen LogP contribution < -0.4 is 20.5 Å². The maximum absolute atomic E-state index is 11.6. The van der Waals surface area contributed by atoms with Crippen molar-refractivity contribution in [2.45, 2.75) is 26.4 Å². The van der Waals surface area contributed by atoms with Crippen LogP contribution in [-0.2, 0) is 17.8 Å². The molecule has 0 aliphatic rings. The summed E-state index contributed by atoms with van der Waals surface area (Å²) in [7, 11) is 0. The van der Waals surface area contributed by atoms with Gasteiger partial charge in [0.1, 0.15) is 11.3 Å². The fraction of sp³-hybridized carbons (Fsp3) is 0.333. The Kier molecular flexibility index (Phi) is 7.43. The molecule has 1 aromatic carbocycles. The van der Waals surface area contributed by atoms with Gasteiger partial charge in [-0.15, -0.1) is 0 Å². The standard InChI is InChI=1S/C21H25N3O5/c1-2-26-21(25)29-20-16(12-22)19-17(7-3-8-18(19)28-20)27-11-5-10-24-14-15-6-4-9-23-13-15/h3-4,6-9,13,24H,2,5,10-12,14,22H2,1H3. The van der Waals surface area contributed by atoms with Crippen LogP contribution in [0.25, 0.3) is 11.0 Å². The molecule has 0 aliphatic heterocycles. The molecule has 0 aliphatic carbocycles. The van der Waals surface area contributed by atoms with Gasteiger partial charge < -0.3 is 29.7 Å². The number of benzene rings is 1. The summed E-state index contributed by atoms with van der Waals surface area (Å²) in [6.45, 7) is 4.12. The van der Waals surface area contributed by atoms with Crippen molar-refractivity contribution in [3.63, 3.8) is 0 Å². The molecule has 2 heterocycles. The Morgan fingerprint density at radius 3 is 2.93 bits per heavy atom. The molecule has 3 N–H and O–H groups in total. The molecule has 0 fully saturated rings. The van der Waals surface area contributed by atoms with E-state index in [0.29, 0.717) is 28.9 Å². The predicted octanol–water partition coefficient (Wildman–Crippen LogP) is 3.38. The molecule has 2 aromatic heterocycles. The van der Waals surface area contributed by atoms with Crippen molar-refractivity contribution in [2.75, 3.05) is 19.8 Å². The Morgan fingerprint density at radius 1 is 1.28 bits per heavy atom. The van der Waals surface area contributed by atoms with Crippen LogP contribution in [0, 0.1) is 0 Å². The van der Waals surface area contributed by atoms with E-state index in [1.165, 1.54) is 0 Å². The molecule has 0 saturated heterocycles. The highest BCUT2D eigenvalue weighted by Gasteiger charge is 2.21. The largest absolute Gasteiger partial charge is 0.516 e. The monoisotopic (exact) mass is 399 g/mol. The van der Waals surface area contributed by atoms with Crippen LogP contribution in [0.2, 0.25) is 0 Å². The topological polar surface area (TPSA) is 109 Å². The average Bonchev–Trinajstić information content (AvgIpc) is 3.09. The van der Waals surface area contributed by atoms with Crippen LogP contribution in [0.4, 0.5) is 4.79 Å². The Morgan fingerprint density at radius 2 is 2.17 bits per heavy atom. The zero-order chi connectivity index (χ0) is 20.5. The molecule has 0 bridgehead atoms. The summed E-state index contributed by atoms with van der Waals surface area (Å²) < 4.78 is 21.5. The highest BCUT2D eigenvalue weighted by Crippen LogP contribution is 2.37. The van der Waals surface area contributed by atoms with Crippen LogP contribution >= 0.6 is 0 Å². The Balaban J connectivity index is 1.59. The van der Waals surface area contributed by atoms with E-state index < -0.39 is 6.16 Å². The third kappa shape index (κ3) is 5.46. The number of furan rings is 1. The second-order valence-corrected chi connectivity index (χ2v) is 6.23. The second kappa shape index (κ2) is 10.4. The van der Waals surface area contributed by atoms with Crippen molar-refractivity contribution in [2.24, 2.45) is 5.73 Å². The minimum Gasteiger partial charge on any atom is -0.493 e. The van der Waals surface area contributed by atoms with Gasteiger partial charge in [-0.25, -0.2) is 4.79 Å². The summed E-state index contributed by atoms with van der Waals surface area (Å²) in [6.07, 6.45) is 3.59. The van der Waals surface area contributed by atoms with E-state index in [1.54, 1.807) is 19.2 Å². The van der Waals surface area contributed by atoms with Gasteiger partial charge in [0.2, 0.25) is 0 Å². The Hall–Kier alpha value is -3.10. The highest BCUT2D eigenvalue weighted by atomic mass is 16.8. The maximum Gasteiger partial charge on any atom is 0.516 e. The fourth-order valence-corrected chi connectivity index (χ4v) is 2.88. The van der Waals surface area contributed by atoms with Crippen molar-refractivity contribution in [3.05, 3.63) is 53.9 Å². The normalized spacial score (nSPS) is 10.8. The first-order valence-corrected chi connectivity index (χ1v) is 9.54. The molecule has 0 radical (unpaired) electrons. The molecule has 0 spiro atoms. The average molecular weight is 399 g/mol. The van der Waals surface area contributed by atoms with Crippen molar-refractivity contribution < 1.29 is 23.4 Å². The number of pyridine rings is 1. The molecule has 8 heteroatoms. The lowest BCUT2D eigenvalue weighted by Crippen LogP contribution is -2.17. The Labute approximate surface area is 168 Å². The minimum atomic E-state index is -0.830. The highest BCUT2D eigenvalue weighted by molar-refractivity contribution is 5.90.